The summed E-state index contributed by atoms with van der Waals surface area (Å²) in [6, 6.07) is 7.66. The Labute approximate surface area is 186 Å². The lowest BCUT2D eigenvalue weighted by Crippen LogP contribution is -2.26. The molecule has 1 aliphatic rings. The van der Waals surface area contributed by atoms with E-state index in [9.17, 15) is 13.2 Å². The smallest absolute Gasteiger partial charge is 0.258 e. The number of aromatic nitrogens is 3. The molecule has 164 valence electrons. The number of anilines is 1. The number of benzene rings is 1. The Kier molecular flexibility index (Phi) is 5.79. The summed E-state index contributed by atoms with van der Waals surface area (Å²) in [6.07, 6.45) is 2.44. The number of pyridine rings is 1. The van der Waals surface area contributed by atoms with Crippen LogP contribution in [0, 0.1) is 6.92 Å². The van der Waals surface area contributed by atoms with Gasteiger partial charge in [0, 0.05) is 11.9 Å². The van der Waals surface area contributed by atoms with Gasteiger partial charge >= 0.3 is 0 Å². The van der Waals surface area contributed by atoms with Crippen molar-refractivity contribution in [2.75, 3.05) is 16.8 Å². The first kappa shape index (κ1) is 21.8. The van der Waals surface area contributed by atoms with Gasteiger partial charge in [0.15, 0.2) is 5.65 Å². The second kappa shape index (κ2) is 8.24. The van der Waals surface area contributed by atoms with Gasteiger partial charge in [-0.15, -0.1) is 0 Å². The topological polar surface area (TPSA) is 93.9 Å². The van der Waals surface area contributed by atoms with Crippen molar-refractivity contribution in [2.24, 2.45) is 0 Å². The number of sulfone groups is 1. The lowest BCUT2D eigenvalue weighted by atomic mass is 10.0. The van der Waals surface area contributed by atoms with E-state index < -0.39 is 9.84 Å². The number of carbonyl (C=O) groups is 1. The quantitative estimate of drug-likeness (QED) is 0.617. The summed E-state index contributed by atoms with van der Waals surface area (Å²) in [5.41, 5.74) is 3.39. The standard InChI is InChI=1S/C22H25ClN4O3S/c1-13(2)15-4-6-16(7-5-15)25-22(28)18-12-24-21-19(20(18)23)14(3)26-27(21)17-8-10-31(29,30)11-9-17/h4-7,12-13,17H,8-11H2,1-3H3,(H,25,28). The summed E-state index contributed by atoms with van der Waals surface area (Å²) in [6.45, 7) is 6.05. The van der Waals surface area contributed by atoms with Gasteiger partial charge in [0.05, 0.1) is 39.2 Å². The van der Waals surface area contributed by atoms with E-state index in [0.717, 1.165) is 0 Å². The fraction of sp³-hybridized carbons (Fsp3) is 0.409. The number of rotatable bonds is 4. The van der Waals surface area contributed by atoms with Crippen molar-refractivity contribution < 1.29 is 13.2 Å². The van der Waals surface area contributed by atoms with Crippen LogP contribution in [-0.4, -0.2) is 40.6 Å². The fourth-order valence-corrected chi connectivity index (χ4v) is 5.74. The molecule has 2 aromatic heterocycles. The zero-order chi connectivity index (χ0) is 22.3. The van der Waals surface area contributed by atoms with Gasteiger partial charge < -0.3 is 5.32 Å². The van der Waals surface area contributed by atoms with Crippen molar-refractivity contribution in [3.8, 4) is 0 Å². The van der Waals surface area contributed by atoms with Gasteiger partial charge in [-0.3, -0.25) is 4.79 Å². The van der Waals surface area contributed by atoms with Crippen molar-refractivity contribution in [3.05, 3.63) is 52.3 Å². The average molecular weight is 461 g/mol. The third kappa shape index (κ3) is 4.32. The molecule has 1 N–H and O–H groups in total. The average Bonchev–Trinajstić information content (AvgIpc) is 3.06. The molecule has 1 aliphatic heterocycles. The highest BCUT2D eigenvalue weighted by Crippen LogP contribution is 2.33. The molecule has 7 nitrogen and oxygen atoms in total. The minimum absolute atomic E-state index is 0.0533. The highest BCUT2D eigenvalue weighted by atomic mass is 35.5. The van der Waals surface area contributed by atoms with Crippen LogP contribution in [0.3, 0.4) is 0 Å². The van der Waals surface area contributed by atoms with E-state index >= 15 is 0 Å². The Balaban J connectivity index is 1.62. The van der Waals surface area contributed by atoms with Gasteiger partial charge in [-0.1, -0.05) is 37.6 Å². The molecule has 3 heterocycles. The number of fused-ring (bicyclic) bond motifs is 1. The zero-order valence-electron chi connectivity index (χ0n) is 17.7. The number of nitrogens with zero attached hydrogens (tertiary/aromatic N) is 3. The monoisotopic (exact) mass is 460 g/mol. The number of nitrogens with one attached hydrogen (secondary N) is 1. The molecule has 0 bridgehead atoms. The Morgan fingerprint density at radius 1 is 1.19 bits per heavy atom. The van der Waals surface area contributed by atoms with E-state index in [-0.39, 0.29) is 29.0 Å². The van der Waals surface area contributed by atoms with Gasteiger partial charge in [0.1, 0.15) is 9.84 Å². The maximum absolute atomic E-state index is 12.9. The van der Waals surface area contributed by atoms with Crippen molar-refractivity contribution >= 4 is 44.1 Å². The molecule has 0 aliphatic carbocycles. The second-order valence-electron chi connectivity index (χ2n) is 8.33. The summed E-state index contributed by atoms with van der Waals surface area (Å²) >= 11 is 6.62. The first-order valence-electron chi connectivity index (χ1n) is 10.3. The highest BCUT2D eigenvalue weighted by molar-refractivity contribution is 7.91. The van der Waals surface area contributed by atoms with Crippen molar-refractivity contribution in [3.63, 3.8) is 0 Å². The van der Waals surface area contributed by atoms with Gasteiger partial charge in [-0.2, -0.15) is 5.10 Å². The van der Waals surface area contributed by atoms with E-state index in [0.29, 0.717) is 46.2 Å². The van der Waals surface area contributed by atoms with E-state index in [4.69, 9.17) is 11.6 Å². The number of halogens is 1. The van der Waals surface area contributed by atoms with Crippen LogP contribution in [0.5, 0.6) is 0 Å². The van der Waals surface area contributed by atoms with Crippen LogP contribution >= 0.6 is 11.6 Å². The van der Waals surface area contributed by atoms with E-state index in [1.54, 1.807) is 4.68 Å². The summed E-state index contributed by atoms with van der Waals surface area (Å²) in [7, 11) is -2.97. The van der Waals surface area contributed by atoms with Crippen LogP contribution in [0.2, 0.25) is 5.02 Å². The Morgan fingerprint density at radius 2 is 1.84 bits per heavy atom. The largest absolute Gasteiger partial charge is 0.322 e. The minimum atomic E-state index is -2.97. The second-order valence-corrected chi connectivity index (χ2v) is 11.0. The molecule has 0 spiro atoms. The molecule has 1 saturated heterocycles. The predicted molar refractivity (Wildman–Crippen MR) is 123 cm³/mol. The third-order valence-corrected chi connectivity index (χ3v) is 7.89. The molecule has 4 rings (SSSR count). The van der Waals surface area contributed by atoms with E-state index in [2.05, 4.69) is 29.2 Å². The summed E-state index contributed by atoms with van der Waals surface area (Å²) in [4.78, 5) is 17.3. The first-order chi connectivity index (χ1) is 14.7. The number of hydrogen-bond donors (Lipinski definition) is 1. The SMILES string of the molecule is Cc1nn(C2CCS(=O)(=O)CC2)c2ncc(C(=O)Nc3ccc(C(C)C)cc3)c(Cl)c12. The molecule has 0 atom stereocenters. The third-order valence-electron chi connectivity index (χ3n) is 5.78. The van der Waals surface area contributed by atoms with Crippen LogP contribution in [0.15, 0.2) is 30.5 Å². The van der Waals surface area contributed by atoms with Crippen molar-refractivity contribution in [1.29, 1.82) is 0 Å². The number of carbonyl (C=O) groups excluding carboxylic acids is 1. The molecule has 0 saturated carbocycles. The van der Waals surface area contributed by atoms with E-state index in [1.165, 1.54) is 11.8 Å². The maximum Gasteiger partial charge on any atom is 0.258 e. The predicted octanol–water partition coefficient (Wildman–Crippen LogP) is 4.52. The maximum atomic E-state index is 12.9. The summed E-state index contributed by atoms with van der Waals surface area (Å²) < 4.78 is 25.3. The van der Waals surface area contributed by atoms with Crippen LogP contribution in [0.25, 0.3) is 11.0 Å². The van der Waals surface area contributed by atoms with E-state index in [1.807, 2.05) is 31.2 Å². The molecule has 31 heavy (non-hydrogen) atoms. The molecule has 0 unspecified atom stereocenters. The van der Waals surface area contributed by atoms with Gasteiger partial charge in [-0.05, 0) is 43.4 Å². The normalized spacial score (nSPS) is 16.7. The molecule has 1 fully saturated rings. The van der Waals surface area contributed by atoms with Gasteiger partial charge in [0.25, 0.3) is 5.91 Å². The number of hydrogen-bond acceptors (Lipinski definition) is 5. The fourth-order valence-electron chi connectivity index (χ4n) is 3.92. The van der Waals surface area contributed by atoms with Crippen LogP contribution in [0.4, 0.5) is 5.69 Å². The Hall–Kier alpha value is -2.45. The number of amides is 1. The molecule has 9 heteroatoms. The lowest BCUT2D eigenvalue weighted by molar-refractivity contribution is 0.102. The van der Waals surface area contributed by atoms with Gasteiger partial charge in [0.2, 0.25) is 0 Å². The summed E-state index contributed by atoms with van der Waals surface area (Å²) in [5.74, 6) is 0.353. The highest BCUT2D eigenvalue weighted by Gasteiger charge is 2.28. The van der Waals surface area contributed by atoms with Crippen LogP contribution in [0.1, 0.15) is 60.3 Å². The van der Waals surface area contributed by atoms with Crippen LogP contribution < -0.4 is 5.32 Å². The lowest BCUT2D eigenvalue weighted by Gasteiger charge is -2.22. The van der Waals surface area contributed by atoms with Crippen LogP contribution in [-0.2, 0) is 9.84 Å². The molecule has 0 radical (unpaired) electrons. The molecule has 1 amide bonds. The Morgan fingerprint density at radius 3 is 2.45 bits per heavy atom. The minimum Gasteiger partial charge on any atom is -0.322 e. The van der Waals surface area contributed by atoms with Crippen molar-refractivity contribution in [1.82, 2.24) is 14.8 Å². The molecule has 1 aromatic carbocycles. The zero-order valence-corrected chi connectivity index (χ0v) is 19.3. The molecule has 3 aromatic rings. The Bertz CT molecular complexity index is 1240. The van der Waals surface area contributed by atoms with Crippen molar-refractivity contribution in [2.45, 2.75) is 45.6 Å². The first-order valence-corrected chi connectivity index (χ1v) is 12.5. The molecular formula is C22H25ClN4O3S. The van der Waals surface area contributed by atoms with Gasteiger partial charge in [-0.25, -0.2) is 18.1 Å². The molecular weight excluding hydrogens is 436 g/mol. The number of aryl methyl sites for hydroxylation is 1. The summed E-state index contributed by atoms with van der Waals surface area (Å²) in [5, 5.41) is 8.37.